The quantitative estimate of drug-likeness (QED) is 0.536. The second kappa shape index (κ2) is 4.73. The van der Waals surface area contributed by atoms with Crippen molar-refractivity contribution in [1.29, 1.82) is 0 Å². The van der Waals surface area contributed by atoms with Gasteiger partial charge in [-0.1, -0.05) is 0 Å². The summed E-state index contributed by atoms with van der Waals surface area (Å²) in [7, 11) is 0. The van der Waals surface area contributed by atoms with E-state index in [4.69, 9.17) is 14.9 Å². The molecule has 0 aromatic heterocycles. The van der Waals surface area contributed by atoms with Gasteiger partial charge in [-0.2, -0.15) is 0 Å². The maximum Gasteiger partial charge on any atom is 0.156 e. The standard InChI is InChI=1S/C6H14O3/c1-3-9-6(8)4-5(2)7/h5-8H,3-4H2,1-2H3/t5-,6+/m1/s1. The minimum atomic E-state index is -0.810. The van der Waals surface area contributed by atoms with Crippen LogP contribution in [-0.2, 0) is 4.74 Å². The predicted octanol–water partition coefficient (Wildman–Crippen LogP) is 0.112. The Labute approximate surface area is 55.3 Å². The molecule has 0 fully saturated rings. The van der Waals surface area contributed by atoms with Gasteiger partial charge in [-0.15, -0.1) is 0 Å². The number of ether oxygens (including phenoxy) is 1. The summed E-state index contributed by atoms with van der Waals surface area (Å²) in [6.07, 6.45) is -1.02. The monoisotopic (exact) mass is 134 g/mol. The molecule has 0 aliphatic carbocycles. The Hall–Kier alpha value is -0.120. The average molecular weight is 134 g/mol. The normalized spacial score (nSPS) is 17.3. The van der Waals surface area contributed by atoms with E-state index in [0.29, 0.717) is 6.61 Å². The van der Waals surface area contributed by atoms with Crippen LogP contribution < -0.4 is 0 Å². The molecule has 0 radical (unpaired) electrons. The van der Waals surface area contributed by atoms with Gasteiger partial charge < -0.3 is 14.9 Å². The molecule has 56 valence electrons. The van der Waals surface area contributed by atoms with Crippen molar-refractivity contribution in [3.63, 3.8) is 0 Å². The molecule has 0 heterocycles. The highest BCUT2D eigenvalue weighted by molar-refractivity contribution is 4.48. The maximum absolute atomic E-state index is 8.84. The second-order valence-electron chi connectivity index (χ2n) is 1.99. The van der Waals surface area contributed by atoms with E-state index >= 15 is 0 Å². The first-order valence-corrected chi connectivity index (χ1v) is 3.14. The first-order chi connectivity index (χ1) is 4.16. The molecule has 0 aromatic rings. The van der Waals surface area contributed by atoms with E-state index in [9.17, 15) is 0 Å². The second-order valence-corrected chi connectivity index (χ2v) is 1.99. The molecular formula is C6H14O3. The van der Waals surface area contributed by atoms with Gasteiger partial charge in [0.05, 0.1) is 6.10 Å². The SMILES string of the molecule is CCO[C@H](O)C[C@@H](C)O. The topological polar surface area (TPSA) is 49.7 Å². The first kappa shape index (κ1) is 8.88. The summed E-state index contributed by atoms with van der Waals surface area (Å²) >= 11 is 0. The minimum Gasteiger partial charge on any atom is -0.393 e. The molecule has 9 heavy (non-hydrogen) atoms. The number of hydrogen-bond acceptors (Lipinski definition) is 3. The molecule has 0 spiro atoms. The van der Waals surface area contributed by atoms with E-state index in [1.54, 1.807) is 13.8 Å². The van der Waals surface area contributed by atoms with Gasteiger partial charge in [-0.25, -0.2) is 0 Å². The van der Waals surface area contributed by atoms with Gasteiger partial charge in [0, 0.05) is 13.0 Å². The Balaban J connectivity index is 3.15. The third-order valence-corrected chi connectivity index (χ3v) is 0.902. The third-order valence-electron chi connectivity index (χ3n) is 0.902. The molecule has 0 aliphatic heterocycles. The van der Waals surface area contributed by atoms with Gasteiger partial charge in [0.25, 0.3) is 0 Å². The minimum absolute atomic E-state index is 0.286. The van der Waals surface area contributed by atoms with Crippen molar-refractivity contribution < 1.29 is 14.9 Å². The lowest BCUT2D eigenvalue weighted by Crippen LogP contribution is -2.17. The Kier molecular flexibility index (Phi) is 4.67. The molecule has 0 rings (SSSR count). The Bertz CT molecular complexity index is 63.3. The highest BCUT2D eigenvalue weighted by Gasteiger charge is 2.05. The van der Waals surface area contributed by atoms with Crippen LogP contribution in [0.1, 0.15) is 20.3 Å². The fourth-order valence-electron chi connectivity index (χ4n) is 0.552. The first-order valence-electron chi connectivity index (χ1n) is 3.14. The average Bonchev–Trinajstić information content (AvgIpc) is 1.63. The zero-order chi connectivity index (χ0) is 7.28. The fourth-order valence-corrected chi connectivity index (χ4v) is 0.552. The molecule has 0 bridgehead atoms. The Morgan fingerprint density at radius 1 is 1.44 bits per heavy atom. The van der Waals surface area contributed by atoms with Gasteiger partial charge in [0.1, 0.15) is 0 Å². The van der Waals surface area contributed by atoms with E-state index in [1.165, 1.54) is 0 Å². The molecule has 0 saturated carbocycles. The molecule has 2 N–H and O–H groups in total. The van der Waals surface area contributed by atoms with Crippen molar-refractivity contribution in [3.8, 4) is 0 Å². The van der Waals surface area contributed by atoms with Gasteiger partial charge >= 0.3 is 0 Å². The zero-order valence-electron chi connectivity index (χ0n) is 5.87. The smallest absolute Gasteiger partial charge is 0.156 e. The number of rotatable bonds is 4. The van der Waals surface area contributed by atoms with Crippen molar-refractivity contribution in [2.75, 3.05) is 6.61 Å². The van der Waals surface area contributed by atoms with Crippen LogP contribution in [-0.4, -0.2) is 29.2 Å². The Morgan fingerprint density at radius 3 is 2.33 bits per heavy atom. The van der Waals surface area contributed by atoms with Gasteiger partial charge in [0.15, 0.2) is 6.29 Å². The van der Waals surface area contributed by atoms with E-state index < -0.39 is 12.4 Å². The summed E-state index contributed by atoms with van der Waals surface area (Å²) in [4.78, 5) is 0. The van der Waals surface area contributed by atoms with E-state index in [1.807, 2.05) is 0 Å². The molecule has 0 amide bonds. The summed E-state index contributed by atoms with van der Waals surface area (Å²) < 4.78 is 4.75. The molecule has 0 aromatic carbocycles. The van der Waals surface area contributed by atoms with Crippen LogP contribution in [0.3, 0.4) is 0 Å². The summed E-state index contributed by atoms with van der Waals surface area (Å²) in [5.41, 5.74) is 0. The van der Waals surface area contributed by atoms with Crippen LogP contribution in [0.15, 0.2) is 0 Å². The lowest BCUT2D eigenvalue weighted by Gasteiger charge is -2.11. The van der Waals surface area contributed by atoms with Gasteiger partial charge in [0.2, 0.25) is 0 Å². The Morgan fingerprint density at radius 2 is 2.00 bits per heavy atom. The van der Waals surface area contributed by atoms with E-state index in [-0.39, 0.29) is 6.42 Å². The van der Waals surface area contributed by atoms with Gasteiger partial charge in [-0.3, -0.25) is 0 Å². The lowest BCUT2D eigenvalue weighted by molar-refractivity contribution is -0.113. The van der Waals surface area contributed by atoms with Crippen molar-refractivity contribution in [2.24, 2.45) is 0 Å². The van der Waals surface area contributed by atoms with Crippen LogP contribution in [0.4, 0.5) is 0 Å². The largest absolute Gasteiger partial charge is 0.393 e. The zero-order valence-corrected chi connectivity index (χ0v) is 5.87. The van der Waals surface area contributed by atoms with Crippen molar-refractivity contribution in [1.82, 2.24) is 0 Å². The summed E-state index contributed by atoms with van der Waals surface area (Å²) in [5, 5.41) is 17.5. The van der Waals surface area contributed by atoms with Crippen LogP contribution in [0.2, 0.25) is 0 Å². The van der Waals surface area contributed by atoms with Crippen LogP contribution in [0.25, 0.3) is 0 Å². The molecule has 0 unspecified atom stereocenters. The molecule has 3 nitrogen and oxygen atoms in total. The molecule has 0 aliphatic rings. The predicted molar refractivity (Wildman–Crippen MR) is 33.9 cm³/mol. The number of aliphatic hydroxyl groups excluding tert-OH is 2. The fraction of sp³-hybridized carbons (Fsp3) is 1.00. The maximum atomic E-state index is 8.84. The molecule has 2 atom stereocenters. The highest BCUT2D eigenvalue weighted by Crippen LogP contribution is 1.97. The van der Waals surface area contributed by atoms with Crippen LogP contribution >= 0.6 is 0 Å². The lowest BCUT2D eigenvalue weighted by atomic mass is 10.3. The third kappa shape index (κ3) is 5.76. The van der Waals surface area contributed by atoms with E-state index in [0.717, 1.165) is 0 Å². The highest BCUT2D eigenvalue weighted by atomic mass is 16.6. The van der Waals surface area contributed by atoms with Crippen molar-refractivity contribution in [3.05, 3.63) is 0 Å². The molecule has 3 heteroatoms. The number of hydrogen-bond donors (Lipinski definition) is 2. The summed E-state index contributed by atoms with van der Waals surface area (Å²) in [6.45, 7) is 3.89. The van der Waals surface area contributed by atoms with Crippen molar-refractivity contribution in [2.45, 2.75) is 32.7 Å². The summed E-state index contributed by atoms with van der Waals surface area (Å²) in [5.74, 6) is 0. The van der Waals surface area contributed by atoms with E-state index in [2.05, 4.69) is 0 Å². The van der Waals surface area contributed by atoms with Crippen LogP contribution in [0.5, 0.6) is 0 Å². The molecular weight excluding hydrogens is 120 g/mol. The molecule has 0 saturated heterocycles. The van der Waals surface area contributed by atoms with Gasteiger partial charge in [-0.05, 0) is 13.8 Å². The van der Waals surface area contributed by atoms with Crippen LogP contribution in [0, 0.1) is 0 Å². The summed E-state index contributed by atoms with van der Waals surface area (Å²) in [6, 6.07) is 0. The van der Waals surface area contributed by atoms with Crippen molar-refractivity contribution >= 4 is 0 Å². The number of aliphatic hydroxyl groups is 2.